The lowest BCUT2D eigenvalue weighted by molar-refractivity contribution is 0.201. The molecule has 0 atom stereocenters. The number of carbonyl (C=O) groups is 1. The van der Waals surface area contributed by atoms with E-state index in [1.807, 2.05) is 46.1 Å². The van der Waals surface area contributed by atoms with Crippen molar-refractivity contribution in [3.63, 3.8) is 0 Å². The first kappa shape index (κ1) is 20.1. The molecule has 0 unspecified atom stereocenters. The van der Waals surface area contributed by atoms with Crippen LogP contribution in [0.4, 0.5) is 10.6 Å². The molecule has 30 heavy (non-hydrogen) atoms. The van der Waals surface area contributed by atoms with Crippen LogP contribution in [0.1, 0.15) is 32.5 Å². The lowest BCUT2D eigenvalue weighted by Gasteiger charge is -2.23. The summed E-state index contributed by atoms with van der Waals surface area (Å²) in [5.41, 5.74) is 1.80. The second-order valence-electron chi connectivity index (χ2n) is 7.51. The second-order valence-corrected chi connectivity index (χ2v) is 7.51. The van der Waals surface area contributed by atoms with Crippen molar-refractivity contribution >= 4 is 22.9 Å². The number of anilines is 1. The van der Waals surface area contributed by atoms with Crippen LogP contribution in [0.5, 0.6) is 0 Å². The summed E-state index contributed by atoms with van der Waals surface area (Å²) in [5, 5.41) is 8.54. The number of para-hydroxylation sites is 1. The number of rotatable bonds is 5. The van der Waals surface area contributed by atoms with Gasteiger partial charge in [-0.2, -0.15) is 5.10 Å². The van der Waals surface area contributed by atoms with E-state index in [1.165, 1.54) is 0 Å². The summed E-state index contributed by atoms with van der Waals surface area (Å²) in [4.78, 5) is 26.2. The van der Waals surface area contributed by atoms with Gasteiger partial charge in [0.05, 0.1) is 17.3 Å². The number of carbonyl (C=O) groups excluding carboxylic acids is 1. The fraction of sp³-hybridized carbons (Fsp3) is 0.455. The normalized spacial score (nSPS) is 14.7. The average molecular weight is 408 g/mol. The molecule has 2 aromatic heterocycles. The van der Waals surface area contributed by atoms with Gasteiger partial charge in [0.25, 0.3) is 0 Å². The van der Waals surface area contributed by atoms with Gasteiger partial charge in [-0.1, -0.05) is 32.0 Å². The predicted octanol–water partition coefficient (Wildman–Crippen LogP) is 3.01. The molecule has 1 N–H and O–H groups in total. The number of hydrogen-bond donors (Lipinski definition) is 1. The molecule has 0 radical (unpaired) electrons. The molecule has 8 nitrogen and oxygen atoms in total. The highest BCUT2D eigenvalue weighted by molar-refractivity contribution is 5.88. The Labute approximate surface area is 176 Å². The highest BCUT2D eigenvalue weighted by Crippen LogP contribution is 2.27. The topological polar surface area (TPSA) is 79.2 Å². The minimum Gasteiger partial charge on any atom is -0.354 e. The zero-order valence-electron chi connectivity index (χ0n) is 17.7. The minimum absolute atomic E-state index is 0.0256. The number of benzene rings is 1. The second kappa shape index (κ2) is 9.11. The van der Waals surface area contributed by atoms with Crippen LogP contribution < -0.4 is 10.2 Å². The Morgan fingerprint density at radius 3 is 2.67 bits per heavy atom. The summed E-state index contributed by atoms with van der Waals surface area (Å²) >= 11 is 0. The van der Waals surface area contributed by atoms with Crippen LogP contribution in [-0.2, 0) is 6.42 Å². The molecule has 2 amide bonds. The van der Waals surface area contributed by atoms with Gasteiger partial charge in [-0.25, -0.2) is 19.4 Å². The third kappa shape index (κ3) is 4.08. The lowest BCUT2D eigenvalue weighted by atomic mass is 10.3. The molecular formula is C22H29N7O. The largest absolute Gasteiger partial charge is 0.354 e. The third-order valence-corrected chi connectivity index (χ3v) is 5.38. The van der Waals surface area contributed by atoms with Gasteiger partial charge in [0.15, 0.2) is 5.65 Å². The molecule has 8 heteroatoms. The molecule has 0 spiro atoms. The molecule has 0 saturated carbocycles. The standard InChI is InChI=1S/C22H29N7O/c1-3-11-23-22(30)28-13-8-12-27(14-15-28)20-18-16-24-29(17-9-6-5-7-10-17)21(18)26-19(4-2)25-20/h5-7,9-10,16H,3-4,8,11-15H2,1-2H3,(H,23,30). The highest BCUT2D eigenvalue weighted by atomic mass is 16.2. The lowest BCUT2D eigenvalue weighted by Crippen LogP contribution is -2.42. The number of aryl methyl sites for hydroxylation is 1. The van der Waals surface area contributed by atoms with Crippen LogP contribution in [0.15, 0.2) is 36.5 Å². The molecule has 3 aromatic rings. The van der Waals surface area contributed by atoms with Crippen molar-refractivity contribution in [2.75, 3.05) is 37.6 Å². The maximum absolute atomic E-state index is 12.4. The zero-order chi connectivity index (χ0) is 20.9. The fourth-order valence-corrected chi connectivity index (χ4v) is 3.77. The summed E-state index contributed by atoms with van der Waals surface area (Å²) < 4.78 is 1.88. The molecular weight excluding hydrogens is 378 g/mol. The van der Waals surface area contributed by atoms with Crippen LogP contribution in [0.3, 0.4) is 0 Å². The number of nitrogens with zero attached hydrogens (tertiary/aromatic N) is 6. The molecule has 1 aliphatic heterocycles. The first-order valence-electron chi connectivity index (χ1n) is 10.8. The monoisotopic (exact) mass is 407 g/mol. The van der Waals surface area contributed by atoms with E-state index in [-0.39, 0.29) is 6.03 Å². The van der Waals surface area contributed by atoms with Gasteiger partial charge in [-0.3, -0.25) is 0 Å². The number of urea groups is 1. The third-order valence-electron chi connectivity index (χ3n) is 5.38. The Balaban J connectivity index is 1.64. The first-order valence-corrected chi connectivity index (χ1v) is 10.8. The summed E-state index contributed by atoms with van der Waals surface area (Å²) in [5.74, 6) is 1.71. The molecule has 158 valence electrons. The molecule has 1 aliphatic rings. The van der Waals surface area contributed by atoms with E-state index < -0.39 is 0 Å². The summed E-state index contributed by atoms with van der Waals surface area (Å²) in [6, 6.07) is 10.1. The van der Waals surface area contributed by atoms with Crippen LogP contribution >= 0.6 is 0 Å². The predicted molar refractivity (Wildman–Crippen MR) is 118 cm³/mol. The Morgan fingerprint density at radius 1 is 1.07 bits per heavy atom. The summed E-state index contributed by atoms with van der Waals surface area (Å²) in [6.45, 7) is 7.86. The van der Waals surface area contributed by atoms with E-state index in [0.717, 1.165) is 67.3 Å². The Bertz CT molecular complexity index is 1000. The van der Waals surface area contributed by atoms with Crippen molar-refractivity contribution in [2.45, 2.75) is 33.1 Å². The van der Waals surface area contributed by atoms with Crippen LogP contribution in [0, 0.1) is 0 Å². The van der Waals surface area contributed by atoms with E-state index in [1.54, 1.807) is 0 Å². The first-order chi connectivity index (χ1) is 14.7. The molecule has 0 bridgehead atoms. The highest BCUT2D eigenvalue weighted by Gasteiger charge is 2.23. The van der Waals surface area contributed by atoms with Gasteiger partial charge in [-0.05, 0) is 25.0 Å². The van der Waals surface area contributed by atoms with Crippen LogP contribution in [-0.4, -0.2) is 63.4 Å². The molecule has 4 rings (SSSR count). The number of nitrogens with one attached hydrogen (secondary N) is 1. The zero-order valence-corrected chi connectivity index (χ0v) is 17.7. The van der Waals surface area contributed by atoms with E-state index in [9.17, 15) is 4.79 Å². The van der Waals surface area contributed by atoms with Gasteiger partial charge >= 0.3 is 6.03 Å². The SMILES string of the molecule is CCCNC(=O)N1CCCN(c2nc(CC)nc3c2cnn3-c2ccccc2)CC1. The van der Waals surface area contributed by atoms with Crippen molar-refractivity contribution in [1.82, 2.24) is 30.0 Å². The Hall–Kier alpha value is -3.16. The van der Waals surface area contributed by atoms with E-state index in [2.05, 4.69) is 29.2 Å². The summed E-state index contributed by atoms with van der Waals surface area (Å²) in [7, 11) is 0. The van der Waals surface area contributed by atoms with Crippen molar-refractivity contribution in [2.24, 2.45) is 0 Å². The Kier molecular flexibility index (Phi) is 6.11. The number of amides is 2. The molecule has 1 aromatic carbocycles. The average Bonchev–Trinajstić information content (AvgIpc) is 3.06. The maximum atomic E-state index is 12.4. The number of fused-ring (bicyclic) bond motifs is 1. The van der Waals surface area contributed by atoms with Crippen LogP contribution in [0.2, 0.25) is 0 Å². The number of aromatic nitrogens is 4. The van der Waals surface area contributed by atoms with E-state index in [4.69, 9.17) is 9.97 Å². The van der Waals surface area contributed by atoms with Crippen LogP contribution in [0.25, 0.3) is 16.7 Å². The van der Waals surface area contributed by atoms with E-state index in [0.29, 0.717) is 13.1 Å². The van der Waals surface area contributed by atoms with Crippen molar-refractivity contribution in [1.29, 1.82) is 0 Å². The van der Waals surface area contributed by atoms with E-state index >= 15 is 0 Å². The molecule has 3 heterocycles. The Morgan fingerprint density at radius 2 is 1.90 bits per heavy atom. The van der Waals surface area contributed by atoms with Gasteiger partial charge in [-0.15, -0.1) is 0 Å². The minimum atomic E-state index is 0.0256. The maximum Gasteiger partial charge on any atom is 0.317 e. The molecule has 1 saturated heterocycles. The summed E-state index contributed by atoms with van der Waals surface area (Å²) in [6.07, 6.45) is 4.45. The van der Waals surface area contributed by atoms with Gasteiger partial charge in [0.2, 0.25) is 0 Å². The van der Waals surface area contributed by atoms with Crippen molar-refractivity contribution in [3.05, 3.63) is 42.4 Å². The van der Waals surface area contributed by atoms with Gasteiger partial charge in [0, 0.05) is 39.1 Å². The number of hydrogen-bond acceptors (Lipinski definition) is 5. The fourth-order valence-electron chi connectivity index (χ4n) is 3.77. The van der Waals surface area contributed by atoms with Crippen molar-refractivity contribution in [3.8, 4) is 5.69 Å². The molecule has 1 fully saturated rings. The molecule has 0 aliphatic carbocycles. The smallest absolute Gasteiger partial charge is 0.317 e. The van der Waals surface area contributed by atoms with Crippen molar-refractivity contribution < 1.29 is 4.79 Å². The van der Waals surface area contributed by atoms with Gasteiger partial charge in [0.1, 0.15) is 11.6 Å². The quantitative estimate of drug-likeness (QED) is 0.703. The van der Waals surface area contributed by atoms with Gasteiger partial charge < -0.3 is 15.1 Å².